The molecule has 5 N–H and O–H groups in total. The van der Waals surface area contributed by atoms with Gasteiger partial charge < -0.3 is 16.8 Å². The molecule has 0 unspecified atom stereocenters. The van der Waals surface area contributed by atoms with Crippen molar-refractivity contribution in [2.75, 3.05) is 13.1 Å². The van der Waals surface area contributed by atoms with Crippen LogP contribution in [-0.4, -0.2) is 13.1 Å². The average molecular weight is 336 g/mol. The van der Waals surface area contributed by atoms with E-state index in [2.05, 4.69) is 5.32 Å². The van der Waals surface area contributed by atoms with Crippen molar-refractivity contribution in [3.05, 3.63) is 36.7 Å². The number of hydrogen-bond acceptors (Lipinski definition) is 3. The van der Waals surface area contributed by atoms with Crippen molar-refractivity contribution in [1.29, 1.82) is 0 Å². The minimum absolute atomic E-state index is 0.865. The highest BCUT2D eigenvalue weighted by atomic mass is 14.8. The fraction of sp³-hybridized carbons (Fsp3) is 0.714. The predicted octanol–water partition coefficient (Wildman–Crippen LogP) is 5.15. The van der Waals surface area contributed by atoms with E-state index in [0.717, 1.165) is 13.1 Å². The van der Waals surface area contributed by atoms with Crippen molar-refractivity contribution in [3.8, 4) is 0 Å². The lowest BCUT2D eigenvalue weighted by Gasteiger charge is -2.02. The Labute approximate surface area is 150 Å². The van der Waals surface area contributed by atoms with E-state index in [4.69, 9.17) is 11.5 Å². The largest absolute Gasteiger partial charge is 0.368 e. The molecule has 1 aliphatic rings. The Morgan fingerprint density at radius 3 is 1.00 bits per heavy atom. The molecule has 0 bridgehead atoms. The molecular weight excluding hydrogens is 294 g/mol. The molecule has 1 aliphatic heterocycles. The Balaban J connectivity index is 0.000000620. The molecule has 0 aromatic carbocycles. The Hall–Kier alpha value is -1.06. The molecule has 0 atom stereocenters. The van der Waals surface area contributed by atoms with Gasteiger partial charge in [-0.15, -0.1) is 0 Å². The van der Waals surface area contributed by atoms with Gasteiger partial charge in [-0.3, -0.25) is 0 Å². The summed E-state index contributed by atoms with van der Waals surface area (Å²) in [6.07, 6.45) is 29.4. The van der Waals surface area contributed by atoms with Crippen LogP contribution in [0, 0.1) is 0 Å². The molecule has 0 aromatic heterocycles. The second kappa shape index (κ2) is 21.9. The third-order valence-corrected chi connectivity index (χ3v) is 4.13. The number of allylic oxidation sites excluding steroid dienone is 4. The molecule has 0 saturated heterocycles. The lowest BCUT2D eigenvalue weighted by Crippen LogP contribution is -1.97. The van der Waals surface area contributed by atoms with E-state index in [-0.39, 0.29) is 0 Å². The fourth-order valence-electron chi connectivity index (χ4n) is 2.64. The van der Waals surface area contributed by atoms with E-state index in [1.54, 1.807) is 0 Å². The lowest BCUT2D eigenvalue weighted by atomic mass is 10.0. The van der Waals surface area contributed by atoms with Crippen molar-refractivity contribution < 1.29 is 0 Å². The molecule has 3 nitrogen and oxygen atoms in total. The SMILES string of the molecule is C1=CC=CNC=C1.NCCCCCCCCCCCCCCCN. The average Bonchev–Trinajstić information content (AvgIpc) is 2.92. The van der Waals surface area contributed by atoms with Crippen LogP contribution in [0.2, 0.25) is 0 Å². The second-order valence-corrected chi connectivity index (χ2v) is 6.44. The van der Waals surface area contributed by atoms with Gasteiger partial charge in [0.15, 0.2) is 0 Å². The normalized spacial score (nSPS) is 12.4. The summed E-state index contributed by atoms with van der Waals surface area (Å²) in [5.41, 5.74) is 10.9. The van der Waals surface area contributed by atoms with Gasteiger partial charge in [-0.1, -0.05) is 82.8 Å². The van der Waals surface area contributed by atoms with Gasteiger partial charge in [0.25, 0.3) is 0 Å². The maximum absolute atomic E-state index is 5.46. The summed E-state index contributed by atoms with van der Waals surface area (Å²) in [6, 6.07) is 0. The van der Waals surface area contributed by atoms with Crippen molar-refractivity contribution >= 4 is 0 Å². The van der Waals surface area contributed by atoms with Gasteiger partial charge in [0.05, 0.1) is 0 Å². The zero-order valence-electron chi connectivity index (χ0n) is 15.7. The molecule has 1 heterocycles. The standard InChI is InChI=1S/C15H34N2.C6H7N/c16-14-12-10-8-6-4-2-1-3-5-7-9-11-13-15-17;1-2-4-6-7-5-3-1/h1-17H2;1-7H. The number of rotatable bonds is 14. The molecule has 140 valence electrons. The number of nitrogens with two attached hydrogens (primary N) is 2. The minimum Gasteiger partial charge on any atom is -0.368 e. The summed E-state index contributed by atoms with van der Waals surface area (Å²) in [6.45, 7) is 1.73. The lowest BCUT2D eigenvalue weighted by molar-refractivity contribution is 0.538. The topological polar surface area (TPSA) is 64.1 Å². The minimum atomic E-state index is 0.865. The molecule has 0 spiro atoms. The maximum atomic E-state index is 5.46. The van der Waals surface area contributed by atoms with Gasteiger partial charge >= 0.3 is 0 Å². The summed E-state index contributed by atoms with van der Waals surface area (Å²) in [7, 11) is 0. The summed E-state index contributed by atoms with van der Waals surface area (Å²) in [4.78, 5) is 0. The van der Waals surface area contributed by atoms with E-state index in [1.807, 2.05) is 36.7 Å². The third kappa shape index (κ3) is 20.9. The van der Waals surface area contributed by atoms with Crippen LogP contribution >= 0.6 is 0 Å². The van der Waals surface area contributed by atoms with Gasteiger partial charge in [-0.05, 0) is 38.1 Å². The highest BCUT2D eigenvalue weighted by Crippen LogP contribution is 2.12. The highest BCUT2D eigenvalue weighted by molar-refractivity contribution is 5.14. The first-order valence-electron chi connectivity index (χ1n) is 10.1. The Bertz CT molecular complexity index is 280. The number of nitrogens with one attached hydrogen (secondary N) is 1. The van der Waals surface area contributed by atoms with Gasteiger partial charge in [0.1, 0.15) is 0 Å². The Kier molecular flexibility index (Phi) is 21.0. The molecule has 0 saturated carbocycles. The zero-order chi connectivity index (χ0) is 17.6. The smallest absolute Gasteiger partial charge is 0.000442 e. The Morgan fingerprint density at radius 1 is 0.417 bits per heavy atom. The Morgan fingerprint density at radius 2 is 0.708 bits per heavy atom. The van der Waals surface area contributed by atoms with Crippen LogP contribution in [0.25, 0.3) is 0 Å². The van der Waals surface area contributed by atoms with Crippen LogP contribution in [0.1, 0.15) is 83.5 Å². The molecule has 24 heavy (non-hydrogen) atoms. The molecular formula is C21H41N3. The van der Waals surface area contributed by atoms with Crippen molar-refractivity contribution in [1.82, 2.24) is 5.32 Å². The van der Waals surface area contributed by atoms with Crippen LogP contribution in [-0.2, 0) is 0 Å². The molecule has 0 fully saturated rings. The first-order chi connectivity index (χ1) is 11.9. The summed E-state index contributed by atoms with van der Waals surface area (Å²) in [5.74, 6) is 0. The van der Waals surface area contributed by atoms with Gasteiger partial charge in [-0.25, -0.2) is 0 Å². The zero-order valence-corrected chi connectivity index (χ0v) is 15.7. The monoisotopic (exact) mass is 335 g/mol. The van der Waals surface area contributed by atoms with E-state index in [1.165, 1.54) is 83.5 Å². The number of hydrogen-bond donors (Lipinski definition) is 3. The molecule has 0 aliphatic carbocycles. The van der Waals surface area contributed by atoms with E-state index in [9.17, 15) is 0 Å². The van der Waals surface area contributed by atoms with Crippen LogP contribution in [0.5, 0.6) is 0 Å². The summed E-state index contributed by atoms with van der Waals surface area (Å²) >= 11 is 0. The van der Waals surface area contributed by atoms with Crippen molar-refractivity contribution in [3.63, 3.8) is 0 Å². The van der Waals surface area contributed by atoms with Crippen molar-refractivity contribution in [2.24, 2.45) is 11.5 Å². The van der Waals surface area contributed by atoms with Crippen LogP contribution in [0.3, 0.4) is 0 Å². The molecule has 0 aromatic rings. The quantitative estimate of drug-likeness (QED) is 0.385. The molecule has 1 rings (SSSR count). The molecule has 0 radical (unpaired) electrons. The number of unbranched alkanes of at least 4 members (excludes halogenated alkanes) is 12. The summed E-state index contributed by atoms with van der Waals surface area (Å²) in [5, 5.41) is 2.92. The van der Waals surface area contributed by atoms with Gasteiger partial charge in [0.2, 0.25) is 0 Å². The first-order valence-corrected chi connectivity index (χ1v) is 10.1. The predicted molar refractivity (Wildman–Crippen MR) is 109 cm³/mol. The van der Waals surface area contributed by atoms with Gasteiger partial charge in [-0.2, -0.15) is 0 Å². The highest BCUT2D eigenvalue weighted by Gasteiger charge is 1.93. The maximum Gasteiger partial charge on any atom is 0.000442 e. The first kappa shape index (κ1) is 22.9. The van der Waals surface area contributed by atoms with Crippen LogP contribution in [0.4, 0.5) is 0 Å². The van der Waals surface area contributed by atoms with Crippen molar-refractivity contribution in [2.45, 2.75) is 83.5 Å². The molecule has 0 amide bonds. The second-order valence-electron chi connectivity index (χ2n) is 6.44. The van der Waals surface area contributed by atoms with Crippen LogP contribution in [0.15, 0.2) is 36.7 Å². The fourth-order valence-corrected chi connectivity index (χ4v) is 2.64. The van der Waals surface area contributed by atoms with Gasteiger partial charge in [0, 0.05) is 12.4 Å². The molecule has 3 heteroatoms. The van der Waals surface area contributed by atoms with E-state index >= 15 is 0 Å². The van der Waals surface area contributed by atoms with E-state index < -0.39 is 0 Å². The summed E-state index contributed by atoms with van der Waals surface area (Å²) < 4.78 is 0. The van der Waals surface area contributed by atoms with Crippen LogP contribution < -0.4 is 16.8 Å². The third-order valence-electron chi connectivity index (χ3n) is 4.13. The van der Waals surface area contributed by atoms with E-state index in [0.29, 0.717) is 0 Å².